The molecule has 1 amide bonds. The number of benzene rings is 2. The number of likely N-dealkylation sites (tertiary alicyclic amines) is 1. The Hall–Kier alpha value is -4.33. The number of Topliss-reactive ketones (excluding diaryl/α,β-unsaturated/α-hetero) is 1. The number of ether oxygens (including phenoxy) is 3. The van der Waals surface area contributed by atoms with Crippen molar-refractivity contribution in [2.24, 2.45) is 0 Å². The van der Waals surface area contributed by atoms with E-state index >= 15 is 0 Å². The Bertz CT molecular complexity index is 1430. The van der Waals surface area contributed by atoms with Crippen LogP contribution in [0.25, 0.3) is 5.76 Å². The summed E-state index contributed by atoms with van der Waals surface area (Å²) < 4.78 is 17.7. The highest BCUT2D eigenvalue weighted by Gasteiger charge is 2.46. The van der Waals surface area contributed by atoms with Crippen LogP contribution in [0.1, 0.15) is 61.9 Å². The molecule has 2 aliphatic heterocycles. The quantitative estimate of drug-likeness (QED) is 0.154. The van der Waals surface area contributed by atoms with Gasteiger partial charge in [0.1, 0.15) is 17.6 Å². The average Bonchev–Trinajstić information content (AvgIpc) is 3.45. The van der Waals surface area contributed by atoms with Crippen LogP contribution in [-0.4, -0.2) is 46.0 Å². The van der Waals surface area contributed by atoms with Gasteiger partial charge in [0.2, 0.25) is 0 Å². The van der Waals surface area contributed by atoms with Crippen molar-refractivity contribution >= 4 is 17.4 Å². The molecule has 1 aromatic heterocycles. The first-order chi connectivity index (χ1) is 19.4. The van der Waals surface area contributed by atoms with Crippen LogP contribution in [0, 0.1) is 0 Å². The van der Waals surface area contributed by atoms with Gasteiger partial charge >= 0.3 is 0 Å². The highest BCUT2D eigenvalue weighted by atomic mass is 16.5. The highest BCUT2D eigenvalue weighted by Crippen LogP contribution is 2.43. The van der Waals surface area contributed by atoms with Gasteiger partial charge in [-0.25, -0.2) is 0 Å². The Balaban J connectivity index is 1.61. The van der Waals surface area contributed by atoms with E-state index in [4.69, 9.17) is 14.2 Å². The maximum absolute atomic E-state index is 13.5. The van der Waals surface area contributed by atoms with Gasteiger partial charge in [-0.2, -0.15) is 0 Å². The number of ketones is 1. The second kappa shape index (κ2) is 11.8. The van der Waals surface area contributed by atoms with E-state index in [0.29, 0.717) is 42.3 Å². The van der Waals surface area contributed by atoms with Crippen molar-refractivity contribution in [3.63, 3.8) is 0 Å². The van der Waals surface area contributed by atoms with E-state index < -0.39 is 17.7 Å². The van der Waals surface area contributed by atoms with Crippen molar-refractivity contribution in [3.05, 3.63) is 88.8 Å². The summed E-state index contributed by atoms with van der Waals surface area (Å²) in [5, 5.41) is 11.6. The molecule has 208 valence electrons. The fourth-order valence-electron chi connectivity index (χ4n) is 5.21. The van der Waals surface area contributed by atoms with Gasteiger partial charge in [0.15, 0.2) is 11.5 Å². The molecule has 0 spiro atoms. The zero-order valence-electron chi connectivity index (χ0n) is 23.1. The molecule has 0 aliphatic carbocycles. The molecule has 3 heterocycles. The molecular formula is C32H34N2O6. The summed E-state index contributed by atoms with van der Waals surface area (Å²) in [6, 6.07) is 13.5. The number of amides is 1. The maximum atomic E-state index is 13.5. The number of hydrogen-bond donors (Lipinski definition) is 1. The van der Waals surface area contributed by atoms with Crippen molar-refractivity contribution < 1.29 is 28.9 Å². The summed E-state index contributed by atoms with van der Waals surface area (Å²) in [5.74, 6) is 0.230. The number of aliphatic hydroxyl groups is 1. The first-order valence-electron chi connectivity index (χ1n) is 13.8. The monoisotopic (exact) mass is 542 g/mol. The Morgan fingerprint density at radius 2 is 1.95 bits per heavy atom. The van der Waals surface area contributed by atoms with E-state index in [1.165, 1.54) is 4.90 Å². The number of hydrogen-bond acceptors (Lipinski definition) is 7. The van der Waals surface area contributed by atoms with Gasteiger partial charge in [0.25, 0.3) is 11.7 Å². The lowest BCUT2D eigenvalue weighted by Crippen LogP contribution is -2.29. The van der Waals surface area contributed by atoms with Gasteiger partial charge in [-0.05, 0) is 73.4 Å². The molecule has 1 saturated heterocycles. The standard InChI is InChI=1S/C32H34N2O6/c1-4-6-14-39-26-12-9-22(17-27(26)38-5-2)29-28(30(35)23-10-11-25-24(16-23)15-20(3)40-25)31(36)32(37)34(29)19-21-8-7-13-33-18-21/h7-13,16-18,20,29,35H,4-6,14-15,19H2,1-3H3. The van der Waals surface area contributed by atoms with Gasteiger partial charge < -0.3 is 24.2 Å². The number of nitrogens with zero attached hydrogens (tertiary/aromatic N) is 2. The minimum atomic E-state index is -0.840. The van der Waals surface area contributed by atoms with E-state index in [2.05, 4.69) is 11.9 Å². The molecule has 0 radical (unpaired) electrons. The highest BCUT2D eigenvalue weighted by molar-refractivity contribution is 6.46. The zero-order valence-corrected chi connectivity index (χ0v) is 23.1. The van der Waals surface area contributed by atoms with Crippen molar-refractivity contribution in [2.75, 3.05) is 13.2 Å². The Labute approximate surface area is 234 Å². The first-order valence-corrected chi connectivity index (χ1v) is 13.8. The van der Waals surface area contributed by atoms with Gasteiger partial charge in [-0.3, -0.25) is 14.6 Å². The average molecular weight is 543 g/mol. The van der Waals surface area contributed by atoms with Crippen molar-refractivity contribution in [2.45, 2.75) is 58.7 Å². The molecule has 8 nitrogen and oxygen atoms in total. The third kappa shape index (κ3) is 5.39. The summed E-state index contributed by atoms with van der Waals surface area (Å²) in [7, 11) is 0. The topological polar surface area (TPSA) is 98.2 Å². The zero-order chi connectivity index (χ0) is 28.2. The summed E-state index contributed by atoms with van der Waals surface area (Å²) in [5.41, 5.74) is 2.84. The normalized spacial score (nSPS) is 19.4. The van der Waals surface area contributed by atoms with Gasteiger partial charge in [0.05, 0.1) is 24.8 Å². The van der Waals surface area contributed by atoms with E-state index in [1.54, 1.807) is 42.7 Å². The Morgan fingerprint density at radius 3 is 2.70 bits per heavy atom. The number of aliphatic hydroxyl groups excluding tert-OH is 1. The minimum absolute atomic E-state index is 0.0305. The molecule has 0 bridgehead atoms. The van der Waals surface area contributed by atoms with E-state index in [9.17, 15) is 14.7 Å². The predicted molar refractivity (Wildman–Crippen MR) is 150 cm³/mol. The van der Waals surface area contributed by atoms with Crippen LogP contribution in [0.3, 0.4) is 0 Å². The van der Waals surface area contributed by atoms with Crippen molar-refractivity contribution in [1.29, 1.82) is 0 Å². The van der Waals surface area contributed by atoms with E-state index in [0.717, 1.165) is 29.7 Å². The molecule has 0 saturated carbocycles. The minimum Gasteiger partial charge on any atom is -0.507 e. The molecular weight excluding hydrogens is 508 g/mol. The smallest absolute Gasteiger partial charge is 0.295 e. The number of unbranched alkanes of at least 4 members (excludes halogenated alkanes) is 1. The third-order valence-corrected chi connectivity index (χ3v) is 7.12. The molecule has 3 aromatic rings. The molecule has 2 atom stereocenters. The molecule has 2 unspecified atom stereocenters. The molecule has 40 heavy (non-hydrogen) atoms. The molecule has 1 fully saturated rings. The van der Waals surface area contributed by atoms with Crippen LogP contribution >= 0.6 is 0 Å². The summed E-state index contributed by atoms with van der Waals surface area (Å²) >= 11 is 0. The molecule has 5 rings (SSSR count). The van der Waals surface area contributed by atoms with Gasteiger partial charge in [-0.15, -0.1) is 0 Å². The van der Waals surface area contributed by atoms with Gasteiger partial charge in [-0.1, -0.05) is 25.5 Å². The number of aromatic nitrogens is 1. The lowest BCUT2D eigenvalue weighted by atomic mass is 9.94. The molecule has 1 N–H and O–H groups in total. The largest absolute Gasteiger partial charge is 0.507 e. The number of rotatable bonds is 10. The summed E-state index contributed by atoms with van der Waals surface area (Å²) in [6.07, 6.45) is 5.95. The summed E-state index contributed by atoms with van der Waals surface area (Å²) in [4.78, 5) is 32.6. The fraction of sp³-hybridized carbons (Fsp3) is 0.344. The van der Waals surface area contributed by atoms with Crippen LogP contribution < -0.4 is 14.2 Å². The molecule has 2 aromatic carbocycles. The second-order valence-corrected chi connectivity index (χ2v) is 10.1. The maximum Gasteiger partial charge on any atom is 0.295 e. The van der Waals surface area contributed by atoms with Crippen LogP contribution in [0.4, 0.5) is 0 Å². The number of pyridine rings is 1. The number of carbonyl (C=O) groups is 2. The van der Waals surface area contributed by atoms with Crippen LogP contribution in [0.15, 0.2) is 66.5 Å². The van der Waals surface area contributed by atoms with Crippen molar-refractivity contribution in [1.82, 2.24) is 9.88 Å². The van der Waals surface area contributed by atoms with Crippen molar-refractivity contribution in [3.8, 4) is 17.2 Å². The third-order valence-electron chi connectivity index (χ3n) is 7.12. The van der Waals surface area contributed by atoms with Gasteiger partial charge in [0, 0.05) is 30.9 Å². The lowest BCUT2D eigenvalue weighted by molar-refractivity contribution is -0.140. The number of carbonyl (C=O) groups excluding carboxylic acids is 2. The number of fused-ring (bicyclic) bond motifs is 1. The van der Waals surface area contributed by atoms with Crippen LogP contribution in [-0.2, 0) is 22.6 Å². The first kappa shape index (κ1) is 27.2. The SMILES string of the molecule is CCCCOc1ccc(C2C(=C(O)c3ccc4c(c3)CC(C)O4)C(=O)C(=O)N2Cc2cccnc2)cc1OCC. The lowest BCUT2D eigenvalue weighted by Gasteiger charge is -2.26. The Morgan fingerprint density at radius 1 is 1.10 bits per heavy atom. The fourth-order valence-corrected chi connectivity index (χ4v) is 5.21. The van der Waals surface area contributed by atoms with E-state index in [-0.39, 0.29) is 24.0 Å². The molecule has 8 heteroatoms. The predicted octanol–water partition coefficient (Wildman–Crippen LogP) is 5.60. The van der Waals surface area contributed by atoms with Crippen LogP contribution in [0.2, 0.25) is 0 Å². The summed E-state index contributed by atoms with van der Waals surface area (Å²) in [6.45, 7) is 7.07. The second-order valence-electron chi connectivity index (χ2n) is 10.1. The van der Waals surface area contributed by atoms with Crippen LogP contribution in [0.5, 0.6) is 17.2 Å². The Kier molecular flexibility index (Phi) is 8.05. The van der Waals surface area contributed by atoms with E-state index in [1.807, 2.05) is 32.0 Å². The molecule has 2 aliphatic rings.